The van der Waals surface area contributed by atoms with Crippen LogP contribution in [0.4, 0.5) is 9.18 Å². The van der Waals surface area contributed by atoms with Gasteiger partial charge in [0, 0.05) is 25.3 Å². The topological polar surface area (TPSA) is 71.5 Å². The molecule has 1 aliphatic heterocycles. The second-order valence-electron chi connectivity index (χ2n) is 4.80. The molecule has 114 valence electrons. The van der Waals surface area contributed by atoms with Crippen LogP contribution in [0.25, 0.3) is 0 Å². The minimum atomic E-state index is -0.616. The van der Waals surface area contributed by atoms with Crippen molar-refractivity contribution in [3.05, 3.63) is 29.8 Å². The predicted octanol–water partition coefficient (Wildman–Crippen LogP) is 1.57. The Balaban J connectivity index is 1.82. The number of hydrogen-bond acceptors (Lipinski definition) is 4. The monoisotopic (exact) mass is 295 g/mol. The van der Waals surface area contributed by atoms with Crippen LogP contribution in [0.1, 0.15) is 30.1 Å². The third kappa shape index (κ3) is 4.14. The molecule has 0 saturated carbocycles. The maximum absolute atomic E-state index is 12.7. The van der Waals surface area contributed by atoms with Crippen molar-refractivity contribution in [2.75, 3.05) is 19.7 Å². The highest BCUT2D eigenvalue weighted by molar-refractivity contribution is 5.94. The van der Waals surface area contributed by atoms with Gasteiger partial charge in [-0.3, -0.25) is 4.79 Å². The lowest BCUT2D eigenvalue weighted by Crippen LogP contribution is -2.46. The minimum Gasteiger partial charge on any atom is -0.450 e. The van der Waals surface area contributed by atoms with Crippen LogP contribution in [0, 0.1) is 5.95 Å². The van der Waals surface area contributed by atoms with E-state index in [1.165, 1.54) is 12.3 Å². The van der Waals surface area contributed by atoms with E-state index in [4.69, 9.17) is 4.74 Å². The first-order chi connectivity index (χ1) is 10.1. The Morgan fingerprint density at radius 2 is 2.14 bits per heavy atom. The van der Waals surface area contributed by atoms with Gasteiger partial charge in [0.2, 0.25) is 5.95 Å². The smallest absolute Gasteiger partial charge is 0.409 e. The maximum atomic E-state index is 12.7. The number of pyridine rings is 1. The zero-order valence-corrected chi connectivity index (χ0v) is 11.8. The van der Waals surface area contributed by atoms with E-state index < -0.39 is 5.95 Å². The number of likely N-dealkylation sites (tertiary alicyclic amines) is 1. The number of hydrogen-bond donors (Lipinski definition) is 1. The van der Waals surface area contributed by atoms with Gasteiger partial charge < -0.3 is 15.0 Å². The van der Waals surface area contributed by atoms with Gasteiger partial charge in [-0.05, 0) is 31.9 Å². The molecule has 0 atom stereocenters. The average molecular weight is 295 g/mol. The maximum Gasteiger partial charge on any atom is 0.409 e. The molecule has 1 aromatic rings. The molecule has 2 heterocycles. The molecule has 1 saturated heterocycles. The summed E-state index contributed by atoms with van der Waals surface area (Å²) < 4.78 is 17.6. The van der Waals surface area contributed by atoms with Gasteiger partial charge in [-0.25, -0.2) is 9.78 Å². The molecule has 0 spiro atoms. The van der Waals surface area contributed by atoms with Gasteiger partial charge in [0.1, 0.15) is 0 Å². The highest BCUT2D eigenvalue weighted by atomic mass is 19.1. The predicted molar refractivity (Wildman–Crippen MR) is 73.3 cm³/mol. The van der Waals surface area contributed by atoms with E-state index in [-0.39, 0.29) is 18.0 Å². The van der Waals surface area contributed by atoms with Crippen LogP contribution in [0.3, 0.4) is 0 Å². The van der Waals surface area contributed by atoms with Gasteiger partial charge in [-0.2, -0.15) is 4.39 Å². The normalized spacial score (nSPS) is 15.6. The molecule has 1 aliphatic rings. The third-order valence-corrected chi connectivity index (χ3v) is 3.35. The number of ether oxygens (including phenoxy) is 1. The number of halogens is 1. The van der Waals surface area contributed by atoms with E-state index in [1.54, 1.807) is 11.8 Å². The van der Waals surface area contributed by atoms with Crippen molar-refractivity contribution in [2.45, 2.75) is 25.8 Å². The third-order valence-electron chi connectivity index (χ3n) is 3.35. The van der Waals surface area contributed by atoms with Crippen LogP contribution in [0.5, 0.6) is 0 Å². The van der Waals surface area contributed by atoms with Crippen molar-refractivity contribution in [3.63, 3.8) is 0 Å². The molecule has 0 unspecified atom stereocenters. The summed E-state index contributed by atoms with van der Waals surface area (Å²) in [6, 6.07) is 2.54. The minimum absolute atomic E-state index is 0.00627. The van der Waals surface area contributed by atoms with E-state index >= 15 is 0 Å². The zero-order chi connectivity index (χ0) is 15.2. The molecular weight excluding hydrogens is 277 g/mol. The summed E-state index contributed by atoms with van der Waals surface area (Å²) >= 11 is 0. The average Bonchev–Trinajstić information content (AvgIpc) is 2.49. The summed E-state index contributed by atoms with van der Waals surface area (Å²) in [6.45, 7) is 3.21. The molecule has 1 N–H and O–H groups in total. The fourth-order valence-corrected chi connectivity index (χ4v) is 2.20. The Hall–Kier alpha value is -2.18. The first-order valence-corrected chi connectivity index (χ1v) is 6.94. The number of nitrogens with zero attached hydrogens (tertiary/aromatic N) is 2. The van der Waals surface area contributed by atoms with Crippen LogP contribution in [-0.4, -0.2) is 47.6 Å². The summed E-state index contributed by atoms with van der Waals surface area (Å²) in [5.74, 6) is -0.897. The molecule has 0 aliphatic carbocycles. The van der Waals surface area contributed by atoms with Gasteiger partial charge in [0.05, 0.1) is 12.2 Å². The van der Waals surface area contributed by atoms with Crippen LogP contribution in [0.2, 0.25) is 0 Å². The molecule has 7 heteroatoms. The van der Waals surface area contributed by atoms with Gasteiger partial charge in [0.25, 0.3) is 5.91 Å². The molecule has 1 fully saturated rings. The number of carbonyl (C=O) groups is 2. The molecule has 0 radical (unpaired) electrons. The second-order valence-corrected chi connectivity index (χ2v) is 4.80. The molecule has 21 heavy (non-hydrogen) atoms. The van der Waals surface area contributed by atoms with Gasteiger partial charge >= 0.3 is 6.09 Å². The van der Waals surface area contributed by atoms with Crippen LogP contribution in [-0.2, 0) is 4.74 Å². The summed E-state index contributed by atoms with van der Waals surface area (Å²) in [7, 11) is 0. The quantitative estimate of drug-likeness (QED) is 0.859. The second kappa shape index (κ2) is 7.01. The van der Waals surface area contributed by atoms with E-state index in [0.29, 0.717) is 38.1 Å². The largest absolute Gasteiger partial charge is 0.450 e. The summed E-state index contributed by atoms with van der Waals surface area (Å²) in [5, 5.41) is 2.87. The van der Waals surface area contributed by atoms with Gasteiger partial charge in [-0.15, -0.1) is 0 Å². The SMILES string of the molecule is CCOC(=O)N1CCC(NC(=O)c2ccc(F)nc2)CC1. The first-order valence-electron chi connectivity index (χ1n) is 6.94. The van der Waals surface area contributed by atoms with Crippen molar-refractivity contribution in [3.8, 4) is 0 Å². The Labute approximate surface area is 122 Å². The molecule has 6 nitrogen and oxygen atoms in total. The Bertz CT molecular complexity index is 499. The van der Waals surface area contributed by atoms with Crippen LogP contribution >= 0.6 is 0 Å². The molecule has 2 rings (SSSR count). The van der Waals surface area contributed by atoms with Crippen molar-refractivity contribution >= 4 is 12.0 Å². The zero-order valence-electron chi connectivity index (χ0n) is 11.8. The highest BCUT2D eigenvalue weighted by Gasteiger charge is 2.24. The molecular formula is C14H18FN3O3. The number of amides is 2. The number of aromatic nitrogens is 1. The molecule has 0 aromatic carbocycles. The van der Waals surface area contributed by atoms with Gasteiger partial charge in [-0.1, -0.05) is 0 Å². The van der Waals surface area contributed by atoms with Crippen LogP contribution in [0.15, 0.2) is 18.3 Å². The van der Waals surface area contributed by atoms with Crippen molar-refractivity contribution in [2.24, 2.45) is 0 Å². The Kier molecular flexibility index (Phi) is 5.08. The van der Waals surface area contributed by atoms with Crippen molar-refractivity contribution in [1.29, 1.82) is 0 Å². The van der Waals surface area contributed by atoms with Crippen LogP contribution < -0.4 is 5.32 Å². The van der Waals surface area contributed by atoms with E-state index in [1.807, 2.05) is 0 Å². The van der Waals surface area contributed by atoms with Gasteiger partial charge in [0.15, 0.2) is 0 Å². The standard InChI is InChI=1S/C14H18FN3O3/c1-2-21-14(20)18-7-5-11(6-8-18)17-13(19)10-3-4-12(15)16-9-10/h3-4,9,11H,2,5-8H2,1H3,(H,17,19). The Morgan fingerprint density at radius 1 is 1.43 bits per heavy atom. The number of carbonyl (C=O) groups excluding carboxylic acids is 2. The van der Waals surface area contributed by atoms with E-state index in [2.05, 4.69) is 10.3 Å². The molecule has 1 aromatic heterocycles. The summed E-state index contributed by atoms with van der Waals surface area (Å²) in [5.41, 5.74) is 0.323. The lowest BCUT2D eigenvalue weighted by molar-refractivity contribution is 0.0860. The molecule has 0 bridgehead atoms. The Morgan fingerprint density at radius 3 is 2.71 bits per heavy atom. The highest BCUT2D eigenvalue weighted by Crippen LogP contribution is 2.12. The fourth-order valence-electron chi connectivity index (χ4n) is 2.20. The van der Waals surface area contributed by atoms with Crippen molar-refractivity contribution in [1.82, 2.24) is 15.2 Å². The fraction of sp³-hybridized carbons (Fsp3) is 0.500. The van der Waals surface area contributed by atoms with E-state index in [0.717, 1.165) is 6.07 Å². The number of piperidine rings is 1. The number of rotatable bonds is 3. The molecule has 2 amide bonds. The number of nitrogens with one attached hydrogen (secondary N) is 1. The lowest BCUT2D eigenvalue weighted by atomic mass is 10.0. The summed E-state index contributed by atoms with van der Waals surface area (Å²) in [6.07, 6.45) is 2.22. The van der Waals surface area contributed by atoms with E-state index in [9.17, 15) is 14.0 Å². The lowest BCUT2D eigenvalue weighted by Gasteiger charge is -2.31. The van der Waals surface area contributed by atoms with Crippen molar-refractivity contribution < 1.29 is 18.7 Å². The summed E-state index contributed by atoms with van der Waals surface area (Å²) in [4.78, 5) is 28.6. The first kappa shape index (κ1) is 15.2.